The number of ether oxygens (including phenoxy) is 1. The van der Waals surface area contributed by atoms with Gasteiger partial charge in [-0.05, 0) is 24.3 Å². The largest absolute Gasteiger partial charge is 0.534 e. The molecule has 0 spiro atoms. The second kappa shape index (κ2) is 5.92. The van der Waals surface area contributed by atoms with Crippen molar-refractivity contribution >= 4 is 27.0 Å². The molecule has 1 aliphatic heterocycles. The highest BCUT2D eigenvalue weighted by Crippen LogP contribution is 2.34. The fourth-order valence-electron chi connectivity index (χ4n) is 2.71. The number of rotatable bonds is 4. The van der Waals surface area contributed by atoms with Crippen LogP contribution in [0.15, 0.2) is 24.3 Å². The minimum Gasteiger partial charge on any atom is -0.481 e. The molecule has 0 saturated carbocycles. The van der Waals surface area contributed by atoms with Crippen molar-refractivity contribution in [2.75, 3.05) is 6.61 Å². The van der Waals surface area contributed by atoms with Gasteiger partial charge in [0.25, 0.3) is 0 Å². The van der Waals surface area contributed by atoms with Crippen LogP contribution in [0.1, 0.15) is 18.2 Å². The molecule has 0 fully saturated rings. The van der Waals surface area contributed by atoms with E-state index in [9.17, 15) is 26.4 Å². The summed E-state index contributed by atoms with van der Waals surface area (Å²) in [5.41, 5.74) is -4.35. The van der Waals surface area contributed by atoms with Crippen molar-refractivity contribution in [1.29, 1.82) is 0 Å². The van der Waals surface area contributed by atoms with E-state index in [0.717, 1.165) is 12.1 Å². The van der Waals surface area contributed by atoms with Gasteiger partial charge in [0, 0.05) is 23.1 Å². The maximum atomic E-state index is 12.4. The second-order valence-corrected chi connectivity index (χ2v) is 6.92. The van der Waals surface area contributed by atoms with E-state index in [0.29, 0.717) is 23.1 Å². The van der Waals surface area contributed by atoms with Crippen molar-refractivity contribution < 1.29 is 40.4 Å². The van der Waals surface area contributed by atoms with Gasteiger partial charge in [0.2, 0.25) is 0 Å². The summed E-state index contributed by atoms with van der Waals surface area (Å²) in [5.74, 6) is -1.53. The maximum absolute atomic E-state index is 12.4. The molecular formula is C14H12F3NO6S. The maximum Gasteiger partial charge on any atom is 0.534 e. The standard InChI is InChI=1S/C14H12F3NO6S/c15-14(16,17)25(21,22)24-9-1-2-10-8(5-9)6-11-12(7-13(19)20)23-4-3-18(10)11/h1-2,5-6,12H,3-4,7H2,(H,19,20). The zero-order chi connectivity index (χ0) is 18.4. The van der Waals surface area contributed by atoms with E-state index in [1.165, 1.54) is 6.07 Å². The summed E-state index contributed by atoms with van der Waals surface area (Å²) in [6.07, 6.45) is -0.954. The number of nitrogens with zero attached hydrogens (tertiary/aromatic N) is 1. The highest BCUT2D eigenvalue weighted by molar-refractivity contribution is 7.88. The summed E-state index contributed by atoms with van der Waals surface area (Å²) in [6.45, 7) is 0.728. The van der Waals surface area contributed by atoms with Crippen LogP contribution >= 0.6 is 0 Å². The molecule has 0 radical (unpaired) electrons. The number of hydrogen-bond donors (Lipinski definition) is 1. The van der Waals surface area contributed by atoms with E-state index >= 15 is 0 Å². The van der Waals surface area contributed by atoms with Gasteiger partial charge >= 0.3 is 21.6 Å². The van der Waals surface area contributed by atoms with Crippen LogP contribution in [0.25, 0.3) is 10.9 Å². The van der Waals surface area contributed by atoms with E-state index in [-0.39, 0.29) is 13.0 Å². The lowest BCUT2D eigenvalue weighted by Crippen LogP contribution is -2.28. The number of halogens is 3. The number of hydrogen-bond acceptors (Lipinski definition) is 5. The number of aromatic nitrogens is 1. The molecule has 2 aromatic rings. The third-order valence-corrected chi connectivity index (χ3v) is 4.70. The minimum atomic E-state index is -5.76. The van der Waals surface area contributed by atoms with Crippen LogP contribution in [-0.2, 0) is 26.2 Å². The summed E-state index contributed by atoms with van der Waals surface area (Å²) in [7, 11) is -5.76. The quantitative estimate of drug-likeness (QED) is 0.648. The third kappa shape index (κ3) is 3.29. The molecule has 1 atom stereocenters. The van der Waals surface area contributed by atoms with Gasteiger partial charge in [-0.25, -0.2) is 0 Å². The molecule has 1 aromatic carbocycles. The molecule has 3 rings (SSSR count). The van der Waals surface area contributed by atoms with Gasteiger partial charge in [-0.15, -0.1) is 0 Å². The van der Waals surface area contributed by atoms with Gasteiger partial charge < -0.3 is 18.6 Å². The molecule has 7 nitrogen and oxygen atoms in total. The smallest absolute Gasteiger partial charge is 0.481 e. The monoisotopic (exact) mass is 379 g/mol. The van der Waals surface area contributed by atoms with E-state index in [4.69, 9.17) is 9.84 Å². The number of carbonyl (C=O) groups is 1. The summed E-state index contributed by atoms with van der Waals surface area (Å²) in [6, 6.07) is 5.24. The molecule has 0 bridgehead atoms. The van der Waals surface area contributed by atoms with Crippen LogP contribution < -0.4 is 4.18 Å². The Morgan fingerprint density at radius 1 is 1.36 bits per heavy atom. The van der Waals surface area contributed by atoms with Gasteiger partial charge in [0.1, 0.15) is 11.9 Å². The first-order chi connectivity index (χ1) is 11.6. The van der Waals surface area contributed by atoms with Crippen molar-refractivity contribution in [1.82, 2.24) is 4.57 Å². The van der Waals surface area contributed by atoms with E-state index in [1.807, 2.05) is 0 Å². The Morgan fingerprint density at radius 2 is 2.08 bits per heavy atom. The lowest BCUT2D eigenvalue weighted by Gasteiger charge is -2.24. The predicted octanol–water partition coefficient (Wildman–Crippen LogP) is 2.42. The SMILES string of the molecule is O=C(O)CC1OCCn2c1cc1cc(OS(=O)(=O)C(F)(F)F)ccc12. The molecule has 1 aromatic heterocycles. The Balaban J connectivity index is 1.99. The van der Waals surface area contributed by atoms with Gasteiger partial charge in [0.15, 0.2) is 0 Å². The lowest BCUT2D eigenvalue weighted by molar-refractivity contribution is -0.141. The Morgan fingerprint density at radius 3 is 2.72 bits per heavy atom. The number of alkyl halides is 3. The third-order valence-electron chi connectivity index (χ3n) is 3.72. The topological polar surface area (TPSA) is 94.8 Å². The molecule has 0 aliphatic carbocycles. The zero-order valence-corrected chi connectivity index (χ0v) is 13.3. The first kappa shape index (κ1) is 17.5. The molecule has 2 heterocycles. The van der Waals surface area contributed by atoms with Crippen molar-refractivity contribution in [3.8, 4) is 5.75 Å². The summed E-state index contributed by atoms with van der Waals surface area (Å²) >= 11 is 0. The van der Waals surface area contributed by atoms with E-state index < -0.39 is 33.4 Å². The highest BCUT2D eigenvalue weighted by Gasteiger charge is 2.48. The average molecular weight is 379 g/mol. The minimum absolute atomic E-state index is 0.262. The first-order valence-electron chi connectivity index (χ1n) is 7.06. The fraction of sp³-hybridized carbons (Fsp3) is 0.357. The van der Waals surface area contributed by atoms with Crippen LogP contribution in [0, 0.1) is 0 Å². The van der Waals surface area contributed by atoms with Crippen molar-refractivity contribution in [3.63, 3.8) is 0 Å². The van der Waals surface area contributed by atoms with Crippen LogP contribution in [0.2, 0.25) is 0 Å². The first-order valence-corrected chi connectivity index (χ1v) is 8.46. The highest BCUT2D eigenvalue weighted by atomic mass is 32.2. The zero-order valence-electron chi connectivity index (χ0n) is 12.5. The molecule has 1 unspecified atom stereocenters. The number of benzene rings is 1. The molecule has 0 amide bonds. The second-order valence-electron chi connectivity index (χ2n) is 5.38. The molecule has 0 saturated heterocycles. The number of fused-ring (bicyclic) bond motifs is 3. The van der Waals surface area contributed by atoms with Crippen LogP contribution in [0.5, 0.6) is 5.75 Å². The lowest BCUT2D eigenvalue weighted by atomic mass is 10.1. The van der Waals surface area contributed by atoms with Crippen molar-refractivity contribution in [2.45, 2.75) is 24.6 Å². The predicted molar refractivity (Wildman–Crippen MR) is 78.5 cm³/mol. The Hall–Kier alpha value is -2.27. The van der Waals surface area contributed by atoms with E-state index in [1.54, 1.807) is 10.6 Å². The summed E-state index contributed by atoms with van der Waals surface area (Å²) in [5, 5.41) is 9.35. The number of carboxylic acids is 1. The summed E-state index contributed by atoms with van der Waals surface area (Å²) < 4.78 is 70.7. The average Bonchev–Trinajstić information content (AvgIpc) is 2.84. The van der Waals surface area contributed by atoms with Crippen LogP contribution in [0.3, 0.4) is 0 Å². The van der Waals surface area contributed by atoms with Gasteiger partial charge in [-0.2, -0.15) is 21.6 Å². The summed E-state index contributed by atoms with van der Waals surface area (Å²) in [4.78, 5) is 10.9. The van der Waals surface area contributed by atoms with E-state index in [2.05, 4.69) is 4.18 Å². The van der Waals surface area contributed by atoms with Crippen molar-refractivity contribution in [3.05, 3.63) is 30.0 Å². The van der Waals surface area contributed by atoms with Crippen LogP contribution in [0.4, 0.5) is 13.2 Å². The Bertz CT molecular complexity index is 934. The van der Waals surface area contributed by atoms with Crippen LogP contribution in [-0.4, -0.2) is 36.2 Å². The molecular weight excluding hydrogens is 367 g/mol. The van der Waals surface area contributed by atoms with Gasteiger partial charge in [0.05, 0.1) is 13.0 Å². The molecule has 1 N–H and O–H groups in total. The molecule has 136 valence electrons. The number of carboxylic acid groups (broad SMARTS) is 1. The Kier molecular flexibility index (Phi) is 4.15. The molecule has 11 heteroatoms. The molecule has 25 heavy (non-hydrogen) atoms. The molecule has 1 aliphatic rings. The van der Waals surface area contributed by atoms with Gasteiger partial charge in [-0.1, -0.05) is 0 Å². The van der Waals surface area contributed by atoms with Crippen molar-refractivity contribution in [2.24, 2.45) is 0 Å². The Labute approximate surface area is 139 Å². The fourth-order valence-corrected chi connectivity index (χ4v) is 3.16. The van der Waals surface area contributed by atoms with Gasteiger partial charge in [-0.3, -0.25) is 4.79 Å². The normalized spacial score (nSPS) is 18.1. The number of aliphatic carboxylic acids is 1.